The summed E-state index contributed by atoms with van der Waals surface area (Å²) in [6, 6.07) is 15.3. The predicted molar refractivity (Wildman–Crippen MR) is 83.9 cm³/mol. The Morgan fingerprint density at radius 3 is 2.58 bits per heavy atom. The molecule has 2 aromatic rings. The summed E-state index contributed by atoms with van der Waals surface area (Å²) in [6.07, 6.45) is 0. The average Bonchev–Trinajstić information content (AvgIpc) is 2.42. The van der Waals surface area contributed by atoms with E-state index in [9.17, 15) is 0 Å². The smallest absolute Gasteiger partial charge is 0.0216 e. The molecule has 0 fully saturated rings. The van der Waals surface area contributed by atoms with Crippen LogP contribution in [0.5, 0.6) is 0 Å². The molecule has 0 amide bonds. The third-order valence-corrected chi connectivity index (χ3v) is 4.38. The van der Waals surface area contributed by atoms with Gasteiger partial charge < -0.3 is 5.32 Å². The molecule has 0 atom stereocenters. The van der Waals surface area contributed by atoms with Crippen molar-refractivity contribution in [2.75, 3.05) is 6.54 Å². The zero-order valence-electron chi connectivity index (χ0n) is 11.9. The van der Waals surface area contributed by atoms with Crippen LogP contribution in [0, 0.1) is 13.8 Å². The highest BCUT2D eigenvalue weighted by Crippen LogP contribution is 2.33. The van der Waals surface area contributed by atoms with E-state index in [4.69, 9.17) is 0 Å². The van der Waals surface area contributed by atoms with Crippen LogP contribution in [0.3, 0.4) is 0 Å². The fourth-order valence-electron chi connectivity index (χ4n) is 1.94. The van der Waals surface area contributed by atoms with Gasteiger partial charge in [-0.2, -0.15) is 0 Å². The number of aryl methyl sites for hydroxylation is 2. The van der Waals surface area contributed by atoms with Crippen LogP contribution in [-0.4, -0.2) is 6.54 Å². The second kappa shape index (κ2) is 6.78. The van der Waals surface area contributed by atoms with Gasteiger partial charge in [0.1, 0.15) is 0 Å². The van der Waals surface area contributed by atoms with Crippen molar-refractivity contribution >= 4 is 11.8 Å². The lowest BCUT2D eigenvalue weighted by Crippen LogP contribution is -2.12. The van der Waals surface area contributed by atoms with Gasteiger partial charge in [-0.3, -0.25) is 0 Å². The first-order valence-electron chi connectivity index (χ1n) is 6.74. The van der Waals surface area contributed by atoms with Gasteiger partial charge in [-0.1, -0.05) is 49.0 Å². The molecule has 0 aliphatic carbocycles. The van der Waals surface area contributed by atoms with Crippen LogP contribution < -0.4 is 5.32 Å². The number of hydrogen-bond acceptors (Lipinski definition) is 2. The topological polar surface area (TPSA) is 12.0 Å². The van der Waals surface area contributed by atoms with Crippen LogP contribution in [0.4, 0.5) is 0 Å². The zero-order chi connectivity index (χ0) is 13.7. The van der Waals surface area contributed by atoms with Gasteiger partial charge >= 0.3 is 0 Å². The normalized spacial score (nSPS) is 10.7. The molecule has 1 nitrogen and oxygen atoms in total. The molecule has 0 spiro atoms. The van der Waals surface area contributed by atoms with E-state index in [1.54, 1.807) is 0 Å². The first-order valence-corrected chi connectivity index (χ1v) is 7.56. The third kappa shape index (κ3) is 3.85. The van der Waals surface area contributed by atoms with Crippen molar-refractivity contribution < 1.29 is 0 Å². The maximum atomic E-state index is 3.40. The number of nitrogens with one attached hydrogen (secondary N) is 1. The van der Waals surface area contributed by atoms with Crippen molar-refractivity contribution in [1.82, 2.24) is 5.32 Å². The minimum absolute atomic E-state index is 0.935. The van der Waals surface area contributed by atoms with Gasteiger partial charge in [0.2, 0.25) is 0 Å². The highest BCUT2D eigenvalue weighted by molar-refractivity contribution is 7.99. The van der Waals surface area contributed by atoms with E-state index in [0.29, 0.717) is 0 Å². The molecule has 0 heterocycles. The summed E-state index contributed by atoms with van der Waals surface area (Å²) < 4.78 is 0. The molecular formula is C17H21NS. The fourth-order valence-corrected chi connectivity index (χ4v) is 3.07. The Morgan fingerprint density at radius 2 is 1.79 bits per heavy atom. The van der Waals surface area contributed by atoms with Crippen molar-refractivity contribution in [3.05, 3.63) is 59.2 Å². The summed E-state index contributed by atoms with van der Waals surface area (Å²) in [5.74, 6) is 0. The Kier molecular flexibility index (Phi) is 5.06. The largest absolute Gasteiger partial charge is 0.313 e. The molecule has 0 bridgehead atoms. The highest BCUT2D eigenvalue weighted by atomic mass is 32.2. The molecule has 100 valence electrons. The summed E-state index contributed by atoms with van der Waals surface area (Å²) >= 11 is 1.87. The first-order chi connectivity index (χ1) is 9.20. The fraction of sp³-hybridized carbons (Fsp3) is 0.294. The maximum absolute atomic E-state index is 3.40. The Bertz CT molecular complexity index is 549. The van der Waals surface area contributed by atoms with Gasteiger partial charge in [-0.15, -0.1) is 0 Å². The Labute approximate surface area is 120 Å². The standard InChI is InChI=1S/C17H21NS/c1-4-18-12-15-7-5-6-8-16(15)19-17-11-13(2)9-10-14(17)3/h5-11,18H,4,12H2,1-3H3. The SMILES string of the molecule is CCNCc1ccccc1Sc1cc(C)ccc1C. The van der Waals surface area contributed by atoms with E-state index >= 15 is 0 Å². The molecule has 0 aliphatic heterocycles. The molecule has 0 aliphatic rings. The minimum atomic E-state index is 0.935. The van der Waals surface area contributed by atoms with Crippen molar-refractivity contribution in [2.45, 2.75) is 37.1 Å². The molecule has 2 rings (SSSR count). The maximum Gasteiger partial charge on any atom is 0.0216 e. The van der Waals surface area contributed by atoms with Gasteiger partial charge in [0.05, 0.1) is 0 Å². The van der Waals surface area contributed by atoms with Gasteiger partial charge in [-0.05, 0) is 49.2 Å². The first kappa shape index (κ1) is 14.2. The molecule has 0 saturated carbocycles. The summed E-state index contributed by atoms with van der Waals surface area (Å²) in [4.78, 5) is 2.70. The molecule has 19 heavy (non-hydrogen) atoms. The molecule has 0 saturated heterocycles. The summed E-state index contributed by atoms with van der Waals surface area (Å²) in [5.41, 5.74) is 4.03. The zero-order valence-corrected chi connectivity index (χ0v) is 12.7. The summed E-state index contributed by atoms with van der Waals surface area (Å²) in [6.45, 7) is 8.40. The molecule has 2 heteroatoms. The van der Waals surface area contributed by atoms with Crippen molar-refractivity contribution in [3.63, 3.8) is 0 Å². The molecule has 1 N–H and O–H groups in total. The van der Waals surface area contributed by atoms with E-state index in [2.05, 4.69) is 68.6 Å². The van der Waals surface area contributed by atoms with Crippen molar-refractivity contribution in [3.8, 4) is 0 Å². The highest BCUT2D eigenvalue weighted by Gasteiger charge is 2.06. The molecule has 2 aromatic carbocycles. The van der Waals surface area contributed by atoms with Crippen LogP contribution in [0.15, 0.2) is 52.3 Å². The third-order valence-electron chi connectivity index (χ3n) is 3.10. The van der Waals surface area contributed by atoms with Crippen molar-refractivity contribution in [1.29, 1.82) is 0 Å². The Balaban J connectivity index is 2.25. The number of benzene rings is 2. The second-order valence-corrected chi connectivity index (χ2v) is 5.84. The number of rotatable bonds is 5. The van der Waals surface area contributed by atoms with Gasteiger partial charge in [0.25, 0.3) is 0 Å². The quantitative estimate of drug-likeness (QED) is 0.855. The van der Waals surface area contributed by atoms with Gasteiger partial charge in [0, 0.05) is 16.3 Å². The van der Waals surface area contributed by atoms with E-state index in [-0.39, 0.29) is 0 Å². The van der Waals surface area contributed by atoms with Crippen LogP contribution >= 0.6 is 11.8 Å². The van der Waals surface area contributed by atoms with E-state index < -0.39 is 0 Å². The average molecular weight is 271 g/mol. The lowest BCUT2D eigenvalue weighted by atomic mass is 10.2. The van der Waals surface area contributed by atoms with Crippen LogP contribution in [0.25, 0.3) is 0 Å². The van der Waals surface area contributed by atoms with Crippen LogP contribution in [0.1, 0.15) is 23.6 Å². The summed E-state index contributed by atoms with van der Waals surface area (Å²) in [7, 11) is 0. The molecule has 0 radical (unpaired) electrons. The van der Waals surface area contributed by atoms with Crippen LogP contribution in [0.2, 0.25) is 0 Å². The van der Waals surface area contributed by atoms with Crippen LogP contribution in [-0.2, 0) is 6.54 Å². The lowest BCUT2D eigenvalue weighted by Gasteiger charge is -2.11. The molecule has 0 aromatic heterocycles. The molecular weight excluding hydrogens is 250 g/mol. The minimum Gasteiger partial charge on any atom is -0.313 e. The molecule has 0 unspecified atom stereocenters. The second-order valence-electron chi connectivity index (χ2n) is 4.76. The van der Waals surface area contributed by atoms with Gasteiger partial charge in [0.15, 0.2) is 0 Å². The van der Waals surface area contributed by atoms with E-state index in [0.717, 1.165) is 13.1 Å². The van der Waals surface area contributed by atoms with Crippen molar-refractivity contribution in [2.24, 2.45) is 0 Å². The van der Waals surface area contributed by atoms with Gasteiger partial charge in [-0.25, -0.2) is 0 Å². The summed E-state index contributed by atoms with van der Waals surface area (Å²) in [5, 5.41) is 3.40. The number of hydrogen-bond donors (Lipinski definition) is 1. The Morgan fingerprint density at radius 1 is 1.00 bits per heavy atom. The van der Waals surface area contributed by atoms with E-state index in [1.165, 1.54) is 26.5 Å². The Hall–Kier alpha value is -1.25. The van der Waals surface area contributed by atoms with E-state index in [1.807, 2.05) is 11.8 Å². The predicted octanol–water partition coefficient (Wildman–Crippen LogP) is 4.56. The lowest BCUT2D eigenvalue weighted by molar-refractivity contribution is 0.718. The monoisotopic (exact) mass is 271 g/mol.